The van der Waals surface area contributed by atoms with Gasteiger partial charge in [-0.25, -0.2) is 8.42 Å². The van der Waals surface area contributed by atoms with Crippen molar-refractivity contribution >= 4 is 15.9 Å². The number of likely N-dealkylation sites (N-methyl/N-ethyl adjacent to an activating group) is 1. The third kappa shape index (κ3) is 4.44. The number of sulfonamides is 1. The van der Waals surface area contributed by atoms with Crippen molar-refractivity contribution in [2.45, 2.75) is 37.1 Å². The van der Waals surface area contributed by atoms with Gasteiger partial charge in [-0.2, -0.15) is 4.31 Å². The Labute approximate surface area is 161 Å². The third-order valence-corrected chi connectivity index (χ3v) is 7.42. The molecule has 0 aliphatic carbocycles. The summed E-state index contributed by atoms with van der Waals surface area (Å²) in [6.07, 6.45) is 2.12. The van der Waals surface area contributed by atoms with Crippen LogP contribution in [0.2, 0.25) is 0 Å². The smallest absolute Gasteiger partial charge is 0.243 e. The largest absolute Gasteiger partial charge is 0.494 e. The van der Waals surface area contributed by atoms with E-state index in [4.69, 9.17) is 4.74 Å². The molecule has 1 aromatic carbocycles. The normalized spacial score (nSPS) is 21.9. The Morgan fingerprint density at radius 2 is 1.89 bits per heavy atom. The van der Waals surface area contributed by atoms with Gasteiger partial charge in [0, 0.05) is 38.6 Å². The van der Waals surface area contributed by atoms with E-state index in [1.54, 1.807) is 24.3 Å². The van der Waals surface area contributed by atoms with Crippen molar-refractivity contribution in [2.24, 2.45) is 5.92 Å². The number of hydrogen-bond donors (Lipinski definition) is 1. The number of hydrogen-bond acceptors (Lipinski definition) is 5. The number of carbonyl (C=O) groups is 1. The summed E-state index contributed by atoms with van der Waals surface area (Å²) in [6, 6.07) is 6.77. The molecular weight excluding hydrogens is 366 g/mol. The van der Waals surface area contributed by atoms with Crippen LogP contribution >= 0.6 is 0 Å². The number of piperidine rings is 1. The van der Waals surface area contributed by atoms with Gasteiger partial charge in [-0.05, 0) is 57.0 Å². The molecular formula is C19H29N3O4S. The number of ether oxygens (including phenoxy) is 1. The van der Waals surface area contributed by atoms with Crippen LogP contribution < -0.4 is 10.1 Å². The molecule has 2 aliphatic rings. The number of carbonyl (C=O) groups excluding carboxylic acids is 1. The standard InChI is InChI=1S/C19H29N3O4S/c1-3-26-17-4-6-18(7-5-17)27(24,25)22-12-9-15(10-13-22)19(23)21(2)16-8-11-20-14-16/h4-7,15-16,20H,3,8-14H2,1-2H3. The number of rotatable bonds is 6. The van der Waals surface area contributed by atoms with Gasteiger partial charge in [0.05, 0.1) is 11.5 Å². The zero-order valence-electron chi connectivity index (χ0n) is 16.1. The molecule has 0 saturated carbocycles. The van der Waals surface area contributed by atoms with Crippen LogP contribution in [0.5, 0.6) is 5.75 Å². The highest BCUT2D eigenvalue weighted by Crippen LogP contribution is 2.26. The van der Waals surface area contributed by atoms with Crippen LogP contribution in [0.1, 0.15) is 26.2 Å². The van der Waals surface area contributed by atoms with E-state index in [9.17, 15) is 13.2 Å². The molecule has 1 N–H and O–H groups in total. The van der Waals surface area contributed by atoms with Crippen LogP contribution in [0, 0.1) is 5.92 Å². The second-order valence-electron chi connectivity index (χ2n) is 7.18. The topological polar surface area (TPSA) is 79.0 Å². The molecule has 27 heavy (non-hydrogen) atoms. The number of benzene rings is 1. The fourth-order valence-electron chi connectivity index (χ4n) is 3.80. The molecule has 3 rings (SSSR count). The molecule has 2 aliphatic heterocycles. The molecule has 1 unspecified atom stereocenters. The van der Waals surface area contributed by atoms with Crippen molar-refractivity contribution in [3.63, 3.8) is 0 Å². The maximum absolute atomic E-state index is 12.9. The maximum Gasteiger partial charge on any atom is 0.243 e. The zero-order chi connectivity index (χ0) is 19.4. The fourth-order valence-corrected chi connectivity index (χ4v) is 5.27. The molecule has 1 aromatic rings. The van der Waals surface area contributed by atoms with Crippen molar-refractivity contribution in [3.05, 3.63) is 24.3 Å². The zero-order valence-corrected chi connectivity index (χ0v) is 16.9. The van der Waals surface area contributed by atoms with Crippen LogP contribution in [0.4, 0.5) is 0 Å². The summed E-state index contributed by atoms with van der Waals surface area (Å²) >= 11 is 0. The number of nitrogens with one attached hydrogen (secondary N) is 1. The fraction of sp³-hybridized carbons (Fsp3) is 0.632. The van der Waals surface area contributed by atoms with Gasteiger partial charge in [-0.15, -0.1) is 0 Å². The second-order valence-corrected chi connectivity index (χ2v) is 9.12. The quantitative estimate of drug-likeness (QED) is 0.786. The minimum absolute atomic E-state index is 0.0950. The van der Waals surface area contributed by atoms with Crippen LogP contribution in [0.3, 0.4) is 0 Å². The first-order chi connectivity index (χ1) is 12.9. The van der Waals surface area contributed by atoms with Gasteiger partial charge in [-0.3, -0.25) is 4.79 Å². The summed E-state index contributed by atoms with van der Waals surface area (Å²) < 4.78 is 32.6. The Kier molecular flexibility index (Phi) is 6.39. The highest BCUT2D eigenvalue weighted by Gasteiger charge is 2.35. The number of amides is 1. The Morgan fingerprint density at radius 1 is 1.22 bits per heavy atom. The molecule has 0 bridgehead atoms. The minimum atomic E-state index is -3.54. The highest BCUT2D eigenvalue weighted by atomic mass is 32.2. The third-order valence-electron chi connectivity index (χ3n) is 5.51. The van der Waals surface area contributed by atoms with Crippen LogP contribution in [0.25, 0.3) is 0 Å². The number of nitrogens with zero attached hydrogens (tertiary/aromatic N) is 2. The molecule has 8 heteroatoms. The molecule has 2 saturated heterocycles. The summed E-state index contributed by atoms with van der Waals surface area (Å²) in [5.41, 5.74) is 0. The summed E-state index contributed by atoms with van der Waals surface area (Å²) in [5, 5.41) is 3.28. The Hall–Kier alpha value is -1.64. The molecule has 1 atom stereocenters. The molecule has 150 valence electrons. The molecule has 7 nitrogen and oxygen atoms in total. The summed E-state index contributed by atoms with van der Waals surface area (Å²) in [7, 11) is -1.67. The predicted octanol–water partition coefficient (Wildman–Crippen LogP) is 1.31. The van der Waals surface area contributed by atoms with Crippen LogP contribution in [-0.2, 0) is 14.8 Å². The van der Waals surface area contributed by atoms with Crippen molar-refractivity contribution in [3.8, 4) is 5.75 Å². The highest BCUT2D eigenvalue weighted by molar-refractivity contribution is 7.89. The molecule has 0 spiro atoms. The van der Waals surface area contributed by atoms with Crippen LogP contribution in [0.15, 0.2) is 29.2 Å². The molecule has 2 fully saturated rings. The lowest BCUT2D eigenvalue weighted by molar-refractivity contribution is -0.137. The Morgan fingerprint density at radius 3 is 2.44 bits per heavy atom. The van der Waals surface area contributed by atoms with Crippen molar-refractivity contribution in [2.75, 3.05) is 39.8 Å². The lowest BCUT2D eigenvalue weighted by atomic mass is 9.96. The second kappa shape index (κ2) is 8.58. The van der Waals surface area contributed by atoms with E-state index in [0.717, 1.165) is 19.5 Å². The van der Waals surface area contributed by atoms with Crippen molar-refractivity contribution < 1.29 is 17.9 Å². The van der Waals surface area contributed by atoms with Gasteiger partial charge in [0.2, 0.25) is 15.9 Å². The average molecular weight is 396 g/mol. The lowest BCUT2D eigenvalue weighted by Crippen LogP contribution is -2.46. The first-order valence-electron chi connectivity index (χ1n) is 9.64. The molecule has 0 aromatic heterocycles. The Balaban J connectivity index is 1.59. The van der Waals surface area contributed by atoms with E-state index < -0.39 is 10.0 Å². The minimum Gasteiger partial charge on any atom is -0.494 e. The molecule has 2 heterocycles. The van der Waals surface area contributed by atoms with E-state index in [2.05, 4.69) is 5.32 Å². The predicted molar refractivity (Wildman–Crippen MR) is 103 cm³/mol. The lowest BCUT2D eigenvalue weighted by Gasteiger charge is -2.34. The molecule has 0 radical (unpaired) electrons. The Bertz CT molecular complexity index is 737. The van der Waals surface area contributed by atoms with E-state index in [1.165, 1.54) is 4.31 Å². The van der Waals surface area contributed by atoms with E-state index in [1.807, 2.05) is 18.9 Å². The van der Waals surface area contributed by atoms with E-state index in [0.29, 0.717) is 38.3 Å². The van der Waals surface area contributed by atoms with Gasteiger partial charge in [0.1, 0.15) is 5.75 Å². The summed E-state index contributed by atoms with van der Waals surface area (Å²) in [4.78, 5) is 14.8. The van der Waals surface area contributed by atoms with Gasteiger partial charge in [0.15, 0.2) is 0 Å². The molecule has 1 amide bonds. The summed E-state index contributed by atoms with van der Waals surface area (Å²) in [5.74, 6) is 0.703. The van der Waals surface area contributed by atoms with E-state index >= 15 is 0 Å². The average Bonchev–Trinajstić information content (AvgIpc) is 3.22. The SMILES string of the molecule is CCOc1ccc(S(=O)(=O)N2CCC(C(=O)N(C)C3CCNC3)CC2)cc1. The maximum atomic E-state index is 12.9. The van der Waals surface area contributed by atoms with Gasteiger partial charge >= 0.3 is 0 Å². The van der Waals surface area contributed by atoms with Gasteiger partial charge in [0.25, 0.3) is 0 Å². The first-order valence-corrected chi connectivity index (χ1v) is 11.1. The van der Waals surface area contributed by atoms with E-state index in [-0.39, 0.29) is 22.8 Å². The van der Waals surface area contributed by atoms with Gasteiger partial charge < -0.3 is 15.0 Å². The van der Waals surface area contributed by atoms with Crippen molar-refractivity contribution in [1.29, 1.82) is 0 Å². The van der Waals surface area contributed by atoms with Gasteiger partial charge in [-0.1, -0.05) is 0 Å². The first kappa shape index (κ1) is 20.1. The van der Waals surface area contributed by atoms with Crippen LogP contribution in [-0.4, -0.2) is 69.4 Å². The monoisotopic (exact) mass is 395 g/mol. The van der Waals surface area contributed by atoms with Crippen molar-refractivity contribution in [1.82, 2.24) is 14.5 Å². The summed E-state index contributed by atoms with van der Waals surface area (Å²) in [6.45, 7) is 4.97.